The Balaban J connectivity index is 2.12. The number of ether oxygens (including phenoxy) is 1. The summed E-state index contributed by atoms with van der Waals surface area (Å²) in [5.74, 6) is -23.8. The van der Waals surface area contributed by atoms with Crippen LogP contribution < -0.4 is 69.5 Å². The van der Waals surface area contributed by atoms with E-state index in [1.807, 2.05) is 13.8 Å². The molecule has 2 heterocycles. The van der Waals surface area contributed by atoms with Crippen LogP contribution in [0.15, 0.2) is 42.1 Å². The number of aliphatic hydroxyl groups is 1. The minimum atomic E-state index is -4.31. The van der Waals surface area contributed by atoms with E-state index in [4.69, 9.17) is 20.1 Å². The van der Waals surface area contributed by atoms with Gasteiger partial charge in [0, 0.05) is 29.0 Å². The van der Waals surface area contributed by atoms with Crippen LogP contribution in [0.25, 0.3) is 0 Å². The highest BCUT2D eigenvalue weighted by Crippen LogP contribution is 2.23. The van der Waals surface area contributed by atoms with Gasteiger partial charge >= 0.3 is 5.97 Å². The first-order valence-electron chi connectivity index (χ1n) is 40.7. The molecule has 2 aliphatic heterocycles. The lowest BCUT2D eigenvalue weighted by atomic mass is 9.95. The number of benzene rings is 1. The molecule has 1 aromatic carbocycles. The van der Waals surface area contributed by atoms with Crippen molar-refractivity contribution in [3.63, 3.8) is 0 Å². The quantitative estimate of drug-likeness (QED) is 0.0353. The fourth-order valence-corrected chi connectivity index (χ4v) is 11.7. The lowest BCUT2D eigenvalue weighted by molar-refractivity contribution is -0.157. The Kier molecular flexibility index (Phi) is 32.3. The Labute approximate surface area is 631 Å². The number of amides is 13. The normalized spacial score (nSPS) is 24.6. The Bertz CT molecular complexity index is 3500. The Morgan fingerprint density at radius 3 is 1.81 bits per heavy atom. The monoisotopic (exact) mass is 1480 g/mol. The first kappa shape index (κ1) is 77.6. The summed E-state index contributed by atoms with van der Waals surface area (Å²) in [6, 6.07) is -13.1. The summed E-state index contributed by atoms with van der Waals surface area (Å²) in [5.41, 5.74) is 6.25. The minimum absolute atomic E-state index is 0.0195. The molecule has 30 heteroatoms. The molecule has 2 saturated heterocycles. The molecule has 590 valence electrons. The number of likely N-dealkylation sites (tertiary alicyclic amines) is 1. The number of rotatable bonds is 33. The fraction of sp³-hybridized carbons (Fsp3) is 0.707. The van der Waals surface area contributed by atoms with E-state index in [1.165, 1.54) is 33.8 Å². The summed E-state index contributed by atoms with van der Waals surface area (Å²) in [7, 11) is 0. The molecule has 0 radical (unpaired) electrons. The molecule has 0 spiro atoms. The van der Waals surface area contributed by atoms with Gasteiger partial charge in [0.2, 0.25) is 70.9 Å². The van der Waals surface area contributed by atoms with Crippen molar-refractivity contribution in [3.8, 4) is 0 Å². The average molecular weight is 1490 g/mol. The predicted octanol–water partition coefficient (Wildman–Crippen LogP) is 1.84. The van der Waals surface area contributed by atoms with Crippen molar-refractivity contribution in [3.05, 3.63) is 47.7 Å². The molecule has 0 bridgehead atoms. The van der Waals surface area contributed by atoms with E-state index < -0.39 is 223 Å². The highest BCUT2D eigenvalue weighted by Gasteiger charge is 2.44. The van der Waals surface area contributed by atoms with Crippen LogP contribution in [0.1, 0.15) is 206 Å². The van der Waals surface area contributed by atoms with Gasteiger partial charge < -0.3 is 84.3 Å². The van der Waals surface area contributed by atoms with Crippen molar-refractivity contribution in [1.82, 2.24) is 68.7 Å². The van der Waals surface area contributed by atoms with E-state index in [2.05, 4.69) is 58.5 Å². The highest BCUT2D eigenvalue weighted by atomic mass is 16.5. The number of aliphatic hydroxyl groups excluding tert-OH is 1. The topological polar surface area (TPSA) is 442 Å². The van der Waals surface area contributed by atoms with Gasteiger partial charge in [-0.3, -0.25) is 62.3 Å². The molecule has 0 aliphatic carbocycles. The molecule has 13 amide bonds. The number of hydrogen-bond acceptors (Lipinski definition) is 17. The van der Waals surface area contributed by atoms with Gasteiger partial charge in [0.15, 0.2) is 0 Å². The van der Waals surface area contributed by atoms with Crippen molar-refractivity contribution in [2.45, 2.75) is 280 Å². The molecule has 3 rings (SSSR count). The summed E-state index contributed by atoms with van der Waals surface area (Å²) in [6.45, 7) is 17.9. The van der Waals surface area contributed by atoms with Crippen LogP contribution in [0, 0.1) is 47.3 Å². The summed E-state index contributed by atoms with van der Waals surface area (Å²) in [4.78, 5) is 204. The van der Waals surface area contributed by atoms with E-state index in [0.717, 1.165) is 18.2 Å². The molecule has 15 N–H and O–H groups in total. The number of hydrogen-bond donors (Lipinski definition) is 14. The number of nitrogens with zero attached hydrogens (tertiary/aromatic N) is 1. The number of nitrogens with two attached hydrogens (primary N) is 1. The van der Waals surface area contributed by atoms with E-state index >= 15 is 14.4 Å². The minimum Gasteiger partial charge on any atom is -0.458 e. The van der Waals surface area contributed by atoms with Crippen LogP contribution in [0.5, 0.6) is 0 Å². The van der Waals surface area contributed by atoms with Gasteiger partial charge in [0.05, 0.1) is 7.47 Å². The molecular weight excluding hydrogens is 1350 g/mol. The molecule has 1 aromatic rings. The Morgan fingerprint density at radius 2 is 1.26 bits per heavy atom. The predicted molar refractivity (Wildman–Crippen MR) is 395 cm³/mol. The summed E-state index contributed by atoms with van der Waals surface area (Å²) < 4.78 is 74.6. The standard InChI is InChI=1S/C75H124N14O16/c1-20-43(15)33-34-53(91)80-54(38(5)6)68(97)87-61(46(18)90)72(101)82-56(40(9)10)69(98)83-57(41(11)12)74(103)89-36-28-32-52(89)66(95)78-50(31-27-35-76)64(93)85-59(44(16)21-2)71(100)88-62-47(19)105-75(104)58(42(13)14)84-63(92)49(23-4)77-65(94)51(37-48-29-25-24-26-30-48)79-67(96)55(39(7)8)81-70(99)60(45(17)22-3)86-73(62)102/h23-26,29-30,38-47,50-52,54-62,90H,20-22,27-28,31-37,76H2,1-19H3,(H,77,94)(H,78,95)(H,79,96)(H,80,91)(H,81,99)(H,82,101)(H,83,98)(H,84,92)(H,85,93)(H,86,102)(H,87,97)(H,88,100)/b49-23-/t43-,44+,45+,46+,47?,50-,51-,52+,54+,55+,56-,57+,58-,59+,60?,61-,62?/m0/s1/i9D3,10D3,40D,56D. The first-order valence-corrected chi connectivity index (χ1v) is 36.7. The summed E-state index contributed by atoms with van der Waals surface area (Å²) in [5, 5.41) is 40.9. The van der Waals surface area contributed by atoms with E-state index in [0.29, 0.717) is 12.0 Å². The van der Waals surface area contributed by atoms with Gasteiger partial charge in [-0.2, -0.15) is 0 Å². The van der Waals surface area contributed by atoms with E-state index in [1.54, 1.807) is 105 Å². The molecule has 0 saturated carbocycles. The SMILES string of the molecule is [2H]C([2H])([2H])C([2H])(C([2H])([2H])[2H])[C@]([2H])(NC(=O)[C@@H](NC(=O)[C@H](NC(=O)CC[C@@H](C)CC)C(C)C)[C@@H](C)O)C(=O)N[C@@H](C(=O)N1CCC[C@@H]1C(=O)N[C@@H](CCCN)C(=O)N[C@@H](C(=O)NC1C(=O)NC([C@H](C)CC)C(=O)N[C@H](C(C)C)C(=O)N[C@@H](Cc2ccccc2)C(=O)N/C(=C\C)C(=O)N[C@@H](C(C)C)C(=O)OC1C)[C@H](C)CC)C(C)C. The van der Waals surface area contributed by atoms with Crippen LogP contribution in [0.3, 0.4) is 0 Å². The van der Waals surface area contributed by atoms with Gasteiger partial charge in [-0.25, -0.2) is 4.79 Å². The fourth-order valence-electron chi connectivity index (χ4n) is 11.7. The molecule has 3 unspecified atom stereocenters. The van der Waals surface area contributed by atoms with Crippen LogP contribution >= 0.6 is 0 Å². The molecule has 0 aromatic heterocycles. The molecule has 17 atom stereocenters. The molecule has 2 fully saturated rings. The van der Waals surface area contributed by atoms with Gasteiger partial charge in [0.1, 0.15) is 84.3 Å². The number of carbonyl (C=O) groups excluding carboxylic acids is 14. The first-order chi connectivity index (χ1) is 52.4. The lowest BCUT2D eigenvalue weighted by Gasteiger charge is -2.33. The van der Waals surface area contributed by atoms with Gasteiger partial charge in [0.25, 0.3) is 5.91 Å². The van der Waals surface area contributed by atoms with Gasteiger partial charge in [-0.05, 0) is 112 Å². The second-order valence-electron chi connectivity index (χ2n) is 28.9. The maximum absolute atomic E-state index is 15.1. The Morgan fingerprint density at radius 1 is 0.667 bits per heavy atom. The van der Waals surface area contributed by atoms with Crippen molar-refractivity contribution in [2.24, 2.45) is 53.1 Å². The van der Waals surface area contributed by atoms with E-state index in [-0.39, 0.29) is 76.1 Å². The zero-order valence-corrected chi connectivity index (χ0v) is 64.1. The van der Waals surface area contributed by atoms with Crippen molar-refractivity contribution >= 4 is 82.8 Å². The largest absolute Gasteiger partial charge is 0.458 e. The smallest absolute Gasteiger partial charge is 0.329 e. The lowest BCUT2D eigenvalue weighted by Crippen LogP contribution is -2.64. The van der Waals surface area contributed by atoms with Crippen molar-refractivity contribution < 1.29 is 87.9 Å². The second-order valence-corrected chi connectivity index (χ2v) is 28.9. The van der Waals surface area contributed by atoms with Crippen molar-refractivity contribution in [2.75, 3.05) is 13.1 Å². The van der Waals surface area contributed by atoms with Crippen LogP contribution in [-0.2, 0) is 78.3 Å². The third kappa shape index (κ3) is 27.4. The number of allylic oxidation sites excluding steroid dienone is 1. The number of nitrogens with one attached hydrogen (secondary N) is 12. The Hall–Kier alpha value is -8.54. The van der Waals surface area contributed by atoms with Crippen LogP contribution in [-0.4, -0.2) is 191 Å². The zero-order valence-electron chi connectivity index (χ0n) is 72.1. The van der Waals surface area contributed by atoms with Crippen LogP contribution in [0.2, 0.25) is 0 Å². The maximum atomic E-state index is 15.1. The highest BCUT2D eigenvalue weighted by molar-refractivity contribution is 6.03. The number of cyclic esters (lactones) is 1. The summed E-state index contributed by atoms with van der Waals surface area (Å²) in [6.07, 6.45) is -0.819. The van der Waals surface area contributed by atoms with Gasteiger partial charge in [-0.1, -0.05) is 166 Å². The van der Waals surface area contributed by atoms with Gasteiger partial charge in [-0.15, -0.1) is 0 Å². The maximum Gasteiger partial charge on any atom is 0.329 e. The number of carbonyl (C=O) groups is 14. The molecule has 2 aliphatic rings. The third-order valence-corrected chi connectivity index (χ3v) is 19.1. The second kappa shape index (κ2) is 43.8. The molecule has 105 heavy (non-hydrogen) atoms. The molecular formula is C75H124N14O16. The summed E-state index contributed by atoms with van der Waals surface area (Å²) >= 11 is 0. The van der Waals surface area contributed by atoms with E-state index in [9.17, 15) is 59.2 Å². The van der Waals surface area contributed by atoms with Crippen molar-refractivity contribution in [1.29, 1.82) is 0 Å². The third-order valence-electron chi connectivity index (χ3n) is 19.1. The van der Waals surface area contributed by atoms with Crippen LogP contribution in [0.4, 0.5) is 0 Å². The average Bonchev–Trinajstić information content (AvgIpc) is 0.851. The number of esters is 1. The molecule has 30 nitrogen and oxygen atoms in total. The zero-order chi connectivity index (χ0) is 86.3.